The van der Waals surface area contributed by atoms with E-state index in [9.17, 15) is 19.3 Å². The molecule has 7 nitrogen and oxygen atoms in total. The average Bonchev–Trinajstić information content (AvgIpc) is 3.03. The summed E-state index contributed by atoms with van der Waals surface area (Å²) in [7, 11) is 0. The van der Waals surface area contributed by atoms with Crippen LogP contribution in [0.2, 0.25) is 5.02 Å². The van der Waals surface area contributed by atoms with E-state index in [2.05, 4.69) is 10.4 Å². The molecule has 1 amide bonds. The van der Waals surface area contributed by atoms with Crippen LogP contribution in [0.3, 0.4) is 0 Å². The quantitative estimate of drug-likeness (QED) is 0.506. The molecule has 0 aliphatic carbocycles. The Kier molecular flexibility index (Phi) is 5.41. The number of hydrogen-bond acceptors (Lipinski definition) is 4. The molecule has 9 heteroatoms. The van der Waals surface area contributed by atoms with E-state index in [-0.39, 0.29) is 16.4 Å². The molecule has 0 aliphatic heterocycles. The number of nitro benzene ring substituents is 1. The van der Waals surface area contributed by atoms with Gasteiger partial charge in [-0.25, -0.2) is 9.07 Å². The van der Waals surface area contributed by atoms with Gasteiger partial charge >= 0.3 is 5.69 Å². The van der Waals surface area contributed by atoms with Crippen molar-refractivity contribution in [3.8, 4) is 5.69 Å². The molecule has 144 valence electrons. The summed E-state index contributed by atoms with van der Waals surface area (Å²) in [5.74, 6) is -0.965. The minimum atomic E-state index is -0.681. The van der Waals surface area contributed by atoms with Gasteiger partial charge in [-0.1, -0.05) is 17.7 Å². The first-order chi connectivity index (χ1) is 13.3. The normalized spacial score (nSPS) is 11.9. The standard InChI is InChI=1S/C19H16ClFN4O3/c1-11(23-19(26)15-4-3-5-17(20)18(15)25(27)28)16-10-22-24(12(16)2)14-8-6-13(21)7-9-14/h3-11H,1-2H3,(H,23,26)/t11-/m1/s1. The maximum atomic E-state index is 13.1. The Morgan fingerprint density at radius 3 is 2.61 bits per heavy atom. The second-order valence-corrected chi connectivity index (χ2v) is 6.57. The summed E-state index contributed by atoms with van der Waals surface area (Å²) in [6.07, 6.45) is 1.59. The fourth-order valence-electron chi connectivity index (χ4n) is 2.93. The number of benzene rings is 2. The summed E-state index contributed by atoms with van der Waals surface area (Å²) in [6, 6.07) is 9.57. The van der Waals surface area contributed by atoms with E-state index >= 15 is 0 Å². The highest BCUT2D eigenvalue weighted by molar-refractivity contribution is 6.33. The first-order valence-corrected chi connectivity index (χ1v) is 8.71. The molecule has 0 bridgehead atoms. The van der Waals surface area contributed by atoms with Crippen LogP contribution in [-0.4, -0.2) is 20.6 Å². The molecule has 3 aromatic rings. The Morgan fingerprint density at radius 2 is 1.96 bits per heavy atom. The number of halogens is 2. The Morgan fingerprint density at radius 1 is 1.29 bits per heavy atom. The molecule has 28 heavy (non-hydrogen) atoms. The van der Waals surface area contributed by atoms with Crippen molar-refractivity contribution >= 4 is 23.2 Å². The molecule has 0 saturated heterocycles. The Hall–Kier alpha value is -3.26. The number of nitro groups is 1. The lowest BCUT2D eigenvalue weighted by atomic mass is 10.1. The van der Waals surface area contributed by atoms with Gasteiger partial charge < -0.3 is 5.32 Å². The third-order valence-electron chi connectivity index (χ3n) is 4.35. The third kappa shape index (κ3) is 3.72. The molecule has 0 saturated carbocycles. The average molecular weight is 403 g/mol. The van der Waals surface area contributed by atoms with E-state index in [0.717, 1.165) is 11.3 Å². The maximum absolute atomic E-state index is 13.1. The van der Waals surface area contributed by atoms with E-state index < -0.39 is 22.6 Å². The third-order valence-corrected chi connectivity index (χ3v) is 4.65. The van der Waals surface area contributed by atoms with Crippen LogP contribution in [-0.2, 0) is 0 Å². The largest absolute Gasteiger partial charge is 0.345 e. The molecule has 1 heterocycles. The zero-order valence-electron chi connectivity index (χ0n) is 15.0. The molecule has 0 aliphatic rings. The number of carbonyl (C=O) groups is 1. The molecule has 1 N–H and O–H groups in total. The molecule has 0 unspecified atom stereocenters. The van der Waals surface area contributed by atoms with Gasteiger partial charge in [0.1, 0.15) is 16.4 Å². The Balaban J connectivity index is 1.85. The van der Waals surface area contributed by atoms with Gasteiger partial charge in [0.2, 0.25) is 0 Å². The zero-order chi connectivity index (χ0) is 20.4. The summed E-state index contributed by atoms with van der Waals surface area (Å²) >= 11 is 5.87. The van der Waals surface area contributed by atoms with Crippen LogP contribution < -0.4 is 5.32 Å². The van der Waals surface area contributed by atoms with Crippen molar-refractivity contribution in [2.24, 2.45) is 0 Å². The van der Waals surface area contributed by atoms with Crippen molar-refractivity contribution in [1.29, 1.82) is 0 Å². The van der Waals surface area contributed by atoms with Gasteiger partial charge in [0.05, 0.1) is 22.8 Å². The van der Waals surface area contributed by atoms with E-state index in [1.54, 1.807) is 29.9 Å². The fraction of sp³-hybridized carbons (Fsp3) is 0.158. The number of para-hydroxylation sites is 1. The fourth-order valence-corrected chi connectivity index (χ4v) is 3.17. The van der Waals surface area contributed by atoms with Gasteiger partial charge in [-0.3, -0.25) is 14.9 Å². The number of nitrogens with zero attached hydrogens (tertiary/aromatic N) is 3. The Labute approximate surface area is 164 Å². The lowest BCUT2D eigenvalue weighted by Gasteiger charge is -2.14. The Bertz CT molecular complexity index is 1050. The van der Waals surface area contributed by atoms with E-state index in [1.807, 2.05) is 6.92 Å². The molecular weight excluding hydrogens is 387 g/mol. The van der Waals surface area contributed by atoms with Crippen molar-refractivity contribution < 1.29 is 14.1 Å². The van der Waals surface area contributed by atoms with E-state index in [0.29, 0.717) is 5.69 Å². The van der Waals surface area contributed by atoms with Crippen molar-refractivity contribution in [3.63, 3.8) is 0 Å². The van der Waals surface area contributed by atoms with Crippen molar-refractivity contribution in [2.75, 3.05) is 0 Å². The second-order valence-electron chi connectivity index (χ2n) is 6.16. The minimum Gasteiger partial charge on any atom is -0.345 e. The van der Waals surface area contributed by atoms with Crippen LogP contribution in [0, 0.1) is 22.9 Å². The first kappa shape index (κ1) is 19.5. The van der Waals surface area contributed by atoms with Gasteiger partial charge in [-0.15, -0.1) is 0 Å². The summed E-state index contributed by atoms with van der Waals surface area (Å²) in [5, 5.41) is 18.2. The summed E-state index contributed by atoms with van der Waals surface area (Å²) < 4.78 is 14.7. The number of nitrogens with one attached hydrogen (secondary N) is 1. The van der Waals surface area contributed by atoms with Gasteiger partial charge in [0.25, 0.3) is 5.91 Å². The molecule has 2 aromatic carbocycles. The van der Waals surface area contributed by atoms with Gasteiger partial charge in [0, 0.05) is 11.3 Å². The van der Waals surface area contributed by atoms with Crippen LogP contribution in [0.15, 0.2) is 48.7 Å². The van der Waals surface area contributed by atoms with Crippen molar-refractivity contribution in [2.45, 2.75) is 19.9 Å². The van der Waals surface area contributed by atoms with Crippen LogP contribution >= 0.6 is 11.6 Å². The molecule has 1 atom stereocenters. The summed E-state index contributed by atoms with van der Waals surface area (Å²) in [4.78, 5) is 23.1. The number of carbonyl (C=O) groups excluding carboxylic acids is 1. The van der Waals surface area contributed by atoms with Gasteiger partial charge in [-0.2, -0.15) is 5.10 Å². The van der Waals surface area contributed by atoms with Gasteiger partial charge in [0.15, 0.2) is 0 Å². The molecule has 0 spiro atoms. The summed E-state index contributed by atoms with van der Waals surface area (Å²) in [5.41, 5.74) is 1.59. The highest BCUT2D eigenvalue weighted by Gasteiger charge is 2.25. The highest BCUT2D eigenvalue weighted by atomic mass is 35.5. The molecular formula is C19H16ClFN4O3. The molecule has 3 rings (SSSR count). The number of amides is 1. The van der Waals surface area contributed by atoms with Crippen LogP contribution in [0.4, 0.5) is 10.1 Å². The predicted molar refractivity (Wildman–Crippen MR) is 102 cm³/mol. The SMILES string of the molecule is Cc1c([C@@H](C)NC(=O)c2cccc(Cl)c2[N+](=O)[O-])cnn1-c1ccc(F)cc1. The maximum Gasteiger partial charge on any atom is 0.300 e. The second kappa shape index (κ2) is 7.77. The predicted octanol–water partition coefficient (Wildman–Crippen LogP) is 4.37. The van der Waals surface area contributed by atoms with E-state index in [4.69, 9.17) is 11.6 Å². The van der Waals surface area contributed by atoms with Crippen LogP contribution in [0.25, 0.3) is 5.69 Å². The molecule has 0 radical (unpaired) electrons. The number of rotatable bonds is 5. The minimum absolute atomic E-state index is 0.106. The van der Waals surface area contributed by atoms with Crippen molar-refractivity contribution in [3.05, 3.63) is 86.4 Å². The topological polar surface area (TPSA) is 90.1 Å². The lowest BCUT2D eigenvalue weighted by Crippen LogP contribution is -2.27. The molecule has 1 aromatic heterocycles. The van der Waals surface area contributed by atoms with Gasteiger partial charge in [-0.05, 0) is 50.2 Å². The molecule has 0 fully saturated rings. The summed E-state index contributed by atoms with van der Waals surface area (Å²) in [6.45, 7) is 3.56. The van der Waals surface area contributed by atoms with Crippen molar-refractivity contribution in [1.82, 2.24) is 15.1 Å². The lowest BCUT2D eigenvalue weighted by molar-refractivity contribution is -0.385. The van der Waals surface area contributed by atoms with Crippen LogP contribution in [0.1, 0.15) is 34.6 Å². The number of aromatic nitrogens is 2. The number of hydrogen-bond donors (Lipinski definition) is 1. The zero-order valence-corrected chi connectivity index (χ0v) is 15.8. The smallest absolute Gasteiger partial charge is 0.300 e. The highest BCUT2D eigenvalue weighted by Crippen LogP contribution is 2.29. The van der Waals surface area contributed by atoms with E-state index in [1.165, 1.54) is 30.3 Å². The first-order valence-electron chi connectivity index (χ1n) is 8.34. The monoisotopic (exact) mass is 402 g/mol. The van der Waals surface area contributed by atoms with Crippen LogP contribution in [0.5, 0.6) is 0 Å².